The summed E-state index contributed by atoms with van der Waals surface area (Å²) < 4.78 is 5.56. The molecule has 0 bridgehead atoms. The lowest BCUT2D eigenvalue weighted by Crippen LogP contribution is -2.27. The molecule has 6 nitrogen and oxygen atoms in total. The van der Waals surface area contributed by atoms with Crippen LogP contribution in [0.2, 0.25) is 0 Å². The summed E-state index contributed by atoms with van der Waals surface area (Å²) in [5.41, 5.74) is 7.73. The van der Waals surface area contributed by atoms with Crippen molar-refractivity contribution in [2.24, 2.45) is 15.9 Å². The zero-order valence-corrected chi connectivity index (χ0v) is 10.3. The van der Waals surface area contributed by atoms with Gasteiger partial charge in [0, 0.05) is 0 Å². The number of rotatable bonds is 6. The maximum atomic E-state index is 8.40. The van der Waals surface area contributed by atoms with E-state index in [4.69, 9.17) is 15.7 Å². The summed E-state index contributed by atoms with van der Waals surface area (Å²) in [5, 5.41) is 15.6. The van der Waals surface area contributed by atoms with E-state index in [0.717, 1.165) is 24.2 Å². The molecule has 0 aliphatic rings. The van der Waals surface area contributed by atoms with E-state index < -0.39 is 0 Å². The Kier molecular flexibility index (Phi) is 6.27. The van der Waals surface area contributed by atoms with Gasteiger partial charge in [0.1, 0.15) is 5.75 Å². The van der Waals surface area contributed by atoms with Gasteiger partial charge in [0.2, 0.25) is 5.96 Å². The molecule has 0 aliphatic carbocycles. The molecule has 1 aromatic rings. The minimum absolute atomic E-state index is 0.165. The largest absolute Gasteiger partial charge is 0.494 e. The van der Waals surface area contributed by atoms with E-state index in [1.54, 1.807) is 5.48 Å². The molecule has 0 fully saturated rings. The lowest BCUT2D eigenvalue weighted by molar-refractivity contribution is 0.232. The first-order valence-corrected chi connectivity index (χ1v) is 5.75. The summed E-state index contributed by atoms with van der Waals surface area (Å²) in [4.78, 5) is 0. The number of hydrogen-bond acceptors (Lipinski definition) is 4. The number of guanidine groups is 1. The van der Waals surface area contributed by atoms with Crippen molar-refractivity contribution in [2.45, 2.75) is 19.8 Å². The highest BCUT2D eigenvalue weighted by Gasteiger charge is 1.94. The summed E-state index contributed by atoms with van der Waals surface area (Å²) in [6, 6.07) is 7.49. The van der Waals surface area contributed by atoms with Crippen LogP contribution in [0.4, 0.5) is 0 Å². The Labute approximate surface area is 106 Å². The average molecular weight is 250 g/mol. The Balaban J connectivity index is 2.59. The third-order valence-corrected chi connectivity index (χ3v) is 2.11. The standard InChI is InChI=1S/C12H18N4O2/c1-2-3-7-18-11-6-4-5-10(8-11)9-14-15-12(13)16-17/h4-6,8-9,17H,2-3,7H2,1H3,(H3,13,15,16)/b14-9+. The second-order valence-corrected chi connectivity index (χ2v) is 3.62. The van der Waals surface area contributed by atoms with Crippen LogP contribution in [0.3, 0.4) is 0 Å². The maximum Gasteiger partial charge on any atom is 0.237 e. The molecule has 1 aromatic carbocycles. The average Bonchev–Trinajstić information content (AvgIpc) is 2.39. The third kappa shape index (κ3) is 5.31. The van der Waals surface area contributed by atoms with Crippen LogP contribution in [-0.2, 0) is 0 Å². The van der Waals surface area contributed by atoms with E-state index >= 15 is 0 Å². The molecule has 0 unspecified atom stereocenters. The van der Waals surface area contributed by atoms with E-state index in [-0.39, 0.29) is 5.96 Å². The van der Waals surface area contributed by atoms with Crippen LogP contribution in [0.15, 0.2) is 34.5 Å². The van der Waals surface area contributed by atoms with Crippen molar-refractivity contribution in [3.8, 4) is 5.75 Å². The van der Waals surface area contributed by atoms with Gasteiger partial charge in [-0.25, -0.2) is 5.48 Å². The monoisotopic (exact) mass is 250 g/mol. The van der Waals surface area contributed by atoms with Crippen molar-refractivity contribution in [1.82, 2.24) is 5.48 Å². The lowest BCUT2D eigenvalue weighted by atomic mass is 10.2. The Hall–Kier alpha value is -2.08. The highest BCUT2D eigenvalue weighted by atomic mass is 16.5. The zero-order valence-electron chi connectivity index (χ0n) is 10.3. The quantitative estimate of drug-likeness (QED) is 0.309. The molecule has 98 valence electrons. The van der Waals surface area contributed by atoms with Gasteiger partial charge < -0.3 is 10.5 Å². The number of hydrogen-bond donors (Lipinski definition) is 3. The number of hydroxylamine groups is 1. The van der Waals surface area contributed by atoms with Crippen molar-refractivity contribution in [2.75, 3.05) is 6.61 Å². The van der Waals surface area contributed by atoms with Crippen LogP contribution in [0, 0.1) is 0 Å². The van der Waals surface area contributed by atoms with Crippen molar-refractivity contribution in [3.63, 3.8) is 0 Å². The summed E-state index contributed by atoms with van der Waals surface area (Å²) in [7, 11) is 0. The van der Waals surface area contributed by atoms with Gasteiger partial charge in [-0.1, -0.05) is 25.5 Å². The normalized spacial score (nSPS) is 11.8. The molecular weight excluding hydrogens is 232 g/mol. The van der Waals surface area contributed by atoms with Crippen molar-refractivity contribution >= 4 is 12.2 Å². The van der Waals surface area contributed by atoms with Crippen molar-refractivity contribution in [3.05, 3.63) is 29.8 Å². The molecule has 0 heterocycles. The molecule has 6 heteroatoms. The van der Waals surface area contributed by atoms with Crippen molar-refractivity contribution in [1.29, 1.82) is 0 Å². The first-order chi connectivity index (χ1) is 8.76. The molecule has 0 saturated heterocycles. The van der Waals surface area contributed by atoms with Crippen LogP contribution in [0.25, 0.3) is 0 Å². The number of nitrogens with one attached hydrogen (secondary N) is 1. The van der Waals surface area contributed by atoms with Gasteiger partial charge in [0.25, 0.3) is 0 Å². The number of ether oxygens (including phenoxy) is 1. The predicted molar refractivity (Wildman–Crippen MR) is 71.0 cm³/mol. The number of nitrogens with zero attached hydrogens (tertiary/aromatic N) is 2. The number of nitrogens with two attached hydrogens (primary N) is 1. The molecule has 0 saturated carbocycles. The fourth-order valence-corrected chi connectivity index (χ4v) is 1.20. The Morgan fingerprint density at radius 1 is 1.56 bits per heavy atom. The van der Waals surface area contributed by atoms with Gasteiger partial charge >= 0.3 is 0 Å². The smallest absolute Gasteiger partial charge is 0.237 e. The molecule has 0 aliphatic heterocycles. The van der Waals surface area contributed by atoms with Crippen LogP contribution in [0.5, 0.6) is 5.75 Å². The van der Waals surface area contributed by atoms with Crippen LogP contribution in [0.1, 0.15) is 25.3 Å². The van der Waals surface area contributed by atoms with E-state index in [1.165, 1.54) is 6.21 Å². The molecule has 0 amide bonds. The van der Waals surface area contributed by atoms with Gasteiger partial charge in [-0.15, -0.1) is 5.10 Å². The molecule has 18 heavy (non-hydrogen) atoms. The second-order valence-electron chi connectivity index (χ2n) is 3.62. The molecule has 4 N–H and O–H groups in total. The van der Waals surface area contributed by atoms with E-state index in [1.807, 2.05) is 24.3 Å². The highest BCUT2D eigenvalue weighted by Crippen LogP contribution is 2.12. The summed E-state index contributed by atoms with van der Waals surface area (Å²) >= 11 is 0. The fraction of sp³-hybridized carbons (Fsp3) is 0.333. The first kappa shape index (κ1) is 14.0. The van der Waals surface area contributed by atoms with Gasteiger partial charge in [0.05, 0.1) is 12.8 Å². The molecular formula is C12H18N4O2. The zero-order chi connectivity index (χ0) is 13.2. The van der Waals surface area contributed by atoms with E-state index in [0.29, 0.717) is 6.61 Å². The molecule has 1 rings (SSSR count). The van der Waals surface area contributed by atoms with Gasteiger partial charge in [-0.05, 0) is 24.1 Å². The van der Waals surface area contributed by atoms with Crippen molar-refractivity contribution < 1.29 is 9.94 Å². The van der Waals surface area contributed by atoms with E-state index in [9.17, 15) is 0 Å². The fourth-order valence-electron chi connectivity index (χ4n) is 1.20. The predicted octanol–water partition coefficient (Wildman–Crippen LogP) is 1.49. The molecule has 0 aromatic heterocycles. The van der Waals surface area contributed by atoms with Crippen LogP contribution < -0.4 is 16.0 Å². The summed E-state index contributed by atoms with van der Waals surface area (Å²) in [5.74, 6) is 0.631. The summed E-state index contributed by atoms with van der Waals surface area (Å²) in [6.07, 6.45) is 3.65. The Morgan fingerprint density at radius 3 is 3.11 bits per heavy atom. The Bertz CT molecular complexity index is 418. The maximum absolute atomic E-state index is 8.40. The highest BCUT2D eigenvalue weighted by molar-refractivity contribution is 5.82. The van der Waals surface area contributed by atoms with Crippen LogP contribution >= 0.6 is 0 Å². The van der Waals surface area contributed by atoms with Gasteiger partial charge in [0.15, 0.2) is 0 Å². The second kappa shape index (κ2) is 8.08. The van der Waals surface area contributed by atoms with Crippen LogP contribution in [-0.4, -0.2) is 24.0 Å². The van der Waals surface area contributed by atoms with Gasteiger partial charge in [-0.3, -0.25) is 5.21 Å². The third-order valence-electron chi connectivity index (χ3n) is 2.11. The first-order valence-electron chi connectivity index (χ1n) is 5.75. The minimum atomic E-state index is -0.165. The topological polar surface area (TPSA) is 92.2 Å². The molecule has 0 atom stereocenters. The Morgan fingerprint density at radius 2 is 2.39 bits per heavy atom. The molecule has 0 radical (unpaired) electrons. The number of benzene rings is 1. The minimum Gasteiger partial charge on any atom is -0.494 e. The number of unbranched alkanes of at least 4 members (excludes halogenated alkanes) is 1. The molecule has 0 spiro atoms. The van der Waals surface area contributed by atoms with E-state index in [2.05, 4.69) is 17.1 Å². The lowest BCUT2D eigenvalue weighted by Gasteiger charge is -2.05. The summed E-state index contributed by atoms with van der Waals surface area (Å²) in [6.45, 7) is 2.82. The SMILES string of the molecule is CCCCOc1cccc(/C=N/N=C(N)NO)c1. The van der Waals surface area contributed by atoms with Gasteiger partial charge in [-0.2, -0.15) is 5.10 Å².